The molecule has 53 heavy (non-hydrogen) atoms. The summed E-state index contributed by atoms with van der Waals surface area (Å²) in [6.45, 7) is 9.47. The number of benzene rings is 3. The highest BCUT2D eigenvalue weighted by Crippen LogP contribution is 2.33. The van der Waals surface area contributed by atoms with Gasteiger partial charge in [-0.05, 0) is 79.8 Å². The zero-order valence-electron chi connectivity index (χ0n) is 30.6. The number of piperazine rings is 1. The summed E-state index contributed by atoms with van der Waals surface area (Å²) < 4.78 is 11.1. The van der Waals surface area contributed by atoms with Gasteiger partial charge in [-0.1, -0.05) is 30.0 Å². The van der Waals surface area contributed by atoms with Crippen LogP contribution in [0.25, 0.3) is 0 Å². The van der Waals surface area contributed by atoms with Crippen molar-refractivity contribution in [2.45, 2.75) is 57.5 Å². The predicted octanol–water partition coefficient (Wildman–Crippen LogP) is 4.44. The molecule has 0 aromatic heterocycles. The SMILES string of the molecule is CCOc1cc(CN2C(=O)c3ccc(N4CCC(N5CCN(CCC#Cc6ccc(C7CCC(=O)NC7=O)cc6)CC5)CC4)cc3C2=O)ccc1OC. The molecule has 1 unspecified atom stereocenters. The number of imide groups is 2. The minimum absolute atomic E-state index is 0.169. The van der Waals surface area contributed by atoms with E-state index in [0.717, 1.165) is 87.5 Å². The standard InChI is InChI=1S/C42H47N5O6/c1-3-53-38-26-30(9-15-37(38)52-2)28-47-41(50)35-13-12-33(27-36(35)42(47)51)45-20-17-32(18-21-45)46-24-22-44(23-25-46)19-5-4-6-29-7-10-31(11-8-29)34-14-16-39(48)43-40(34)49/h7-13,15,26-27,32,34H,3,5,14,16-25,28H2,1-2H3,(H,43,48,49). The second kappa shape index (κ2) is 16.2. The zero-order chi connectivity index (χ0) is 36.9. The molecule has 4 aliphatic heterocycles. The van der Waals surface area contributed by atoms with Gasteiger partial charge in [0.15, 0.2) is 11.5 Å². The molecule has 11 heteroatoms. The maximum atomic E-state index is 13.5. The van der Waals surface area contributed by atoms with Gasteiger partial charge >= 0.3 is 0 Å². The van der Waals surface area contributed by atoms with Crippen molar-refractivity contribution in [1.29, 1.82) is 0 Å². The van der Waals surface area contributed by atoms with E-state index in [1.54, 1.807) is 19.2 Å². The summed E-state index contributed by atoms with van der Waals surface area (Å²) in [5, 5.41) is 2.43. The fourth-order valence-corrected chi connectivity index (χ4v) is 7.92. The first-order valence-corrected chi connectivity index (χ1v) is 18.7. The van der Waals surface area contributed by atoms with Crippen molar-refractivity contribution < 1.29 is 28.7 Å². The number of methoxy groups -OCH3 is 1. The van der Waals surface area contributed by atoms with Crippen LogP contribution in [0.15, 0.2) is 60.7 Å². The van der Waals surface area contributed by atoms with E-state index in [0.29, 0.717) is 48.1 Å². The number of ether oxygens (including phenoxy) is 2. The monoisotopic (exact) mass is 717 g/mol. The summed E-state index contributed by atoms with van der Waals surface area (Å²) in [4.78, 5) is 59.1. The van der Waals surface area contributed by atoms with E-state index in [1.807, 2.05) is 55.5 Å². The number of amides is 4. The molecule has 0 radical (unpaired) electrons. The zero-order valence-corrected chi connectivity index (χ0v) is 30.6. The van der Waals surface area contributed by atoms with Crippen LogP contribution in [0.3, 0.4) is 0 Å². The lowest BCUT2D eigenvalue weighted by Crippen LogP contribution is -2.53. The molecule has 0 aliphatic carbocycles. The van der Waals surface area contributed by atoms with Crippen LogP contribution in [0.5, 0.6) is 11.5 Å². The third-order valence-corrected chi connectivity index (χ3v) is 10.9. The van der Waals surface area contributed by atoms with E-state index in [1.165, 1.54) is 4.90 Å². The Morgan fingerprint density at radius 1 is 0.811 bits per heavy atom. The lowest BCUT2D eigenvalue weighted by molar-refractivity contribution is -0.134. The van der Waals surface area contributed by atoms with Crippen LogP contribution in [-0.4, -0.2) is 104 Å². The molecule has 1 atom stereocenters. The number of anilines is 1. The molecule has 7 rings (SSSR count). The summed E-state index contributed by atoms with van der Waals surface area (Å²) in [6.07, 6.45) is 3.85. The third-order valence-electron chi connectivity index (χ3n) is 10.9. The molecule has 0 bridgehead atoms. The maximum absolute atomic E-state index is 13.5. The average molecular weight is 718 g/mol. The highest BCUT2D eigenvalue weighted by molar-refractivity contribution is 6.21. The number of carbonyl (C=O) groups excluding carboxylic acids is 4. The van der Waals surface area contributed by atoms with Crippen LogP contribution in [0.2, 0.25) is 0 Å². The molecule has 4 amide bonds. The molecule has 3 saturated heterocycles. The second-order valence-electron chi connectivity index (χ2n) is 14.1. The van der Waals surface area contributed by atoms with Crippen molar-refractivity contribution >= 4 is 29.3 Å². The van der Waals surface area contributed by atoms with Gasteiger partial charge in [0, 0.05) is 75.9 Å². The topological polar surface area (TPSA) is 112 Å². The molecule has 3 aromatic carbocycles. The van der Waals surface area contributed by atoms with E-state index in [2.05, 4.69) is 31.9 Å². The molecule has 3 aromatic rings. The molecular formula is C42H47N5O6. The van der Waals surface area contributed by atoms with Crippen LogP contribution in [0.4, 0.5) is 5.69 Å². The smallest absolute Gasteiger partial charge is 0.261 e. The van der Waals surface area contributed by atoms with Gasteiger partial charge in [-0.25, -0.2) is 0 Å². The van der Waals surface area contributed by atoms with Gasteiger partial charge in [-0.15, -0.1) is 0 Å². The third kappa shape index (κ3) is 8.09. The van der Waals surface area contributed by atoms with E-state index in [-0.39, 0.29) is 36.1 Å². The molecule has 1 N–H and O–H groups in total. The highest BCUT2D eigenvalue weighted by Gasteiger charge is 2.37. The fraction of sp³-hybridized carbons (Fsp3) is 0.429. The van der Waals surface area contributed by atoms with Crippen LogP contribution < -0.4 is 19.7 Å². The summed E-state index contributed by atoms with van der Waals surface area (Å²) in [7, 11) is 1.59. The predicted molar refractivity (Wildman–Crippen MR) is 201 cm³/mol. The Morgan fingerprint density at radius 3 is 2.28 bits per heavy atom. The van der Waals surface area contributed by atoms with Gasteiger partial charge in [0.2, 0.25) is 11.8 Å². The minimum Gasteiger partial charge on any atom is -0.493 e. The van der Waals surface area contributed by atoms with Gasteiger partial charge in [-0.3, -0.25) is 39.2 Å². The van der Waals surface area contributed by atoms with Gasteiger partial charge in [-0.2, -0.15) is 0 Å². The number of fused-ring (bicyclic) bond motifs is 1. The van der Waals surface area contributed by atoms with Crippen LogP contribution >= 0.6 is 0 Å². The Labute approximate surface area is 311 Å². The van der Waals surface area contributed by atoms with Crippen molar-refractivity contribution in [2.75, 3.05) is 64.4 Å². The first kappa shape index (κ1) is 36.2. The second-order valence-corrected chi connectivity index (χ2v) is 14.1. The van der Waals surface area contributed by atoms with E-state index >= 15 is 0 Å². The average Bonchev–Trinajstić information content (AvgIpc) is 3.41. The summed E-state index contributed by atoms with van der Waals surface area (Å²) >= 11 is 0. The van der Waals surface area contributed by atoms with Crippen LogP contribution in [-0.2, 0) is 16.1 Å². The number of piperidine rings is 2. The number of rotatable bonds is 10. The molecule has 0 saturated carbocycles. The molecule has 4 aliphatic rings. The van der Waals surface area contributed by atoms with Crippen LogP contribution in [0.1, 0.15) is 82.4 Å². The van der Waals surface area contributed by atoms with E-state index in [4.69, 9.17) is 9.47 Å². The molecule has 11 nitrogen and oxygen atoms in total. The number of nitrogens with zero attached hydrogens (tertiary/aromatic N) is 4. The Kier molecular flexibility index (Phi) is 11.1. The first-order valence-electron chi connectivity index (χ1n) is 18.7. The van der Waals surface area contributed by atoms with E-state index < -0.39 is 0 Å². The van der Waals surface area contributed by atoms with Gasteiger partial charge in [0.25, 0.3) is 11.8 Å². The first-order chi connectivity index (χ1) is 25.8. The Bertz CT molecular complexity index is 1920. The van der Waals surface area contributed by atoms with Crippen LogP contribution in [0, 0.1) is 11.8 Å². The maximum Gasteiger partial charge on any atom is 0.261 e. The largest absolute Gasteiger partial charge is 0.493 e. The quantitative estimate of drug-likeness (QED) is 0.241. The number of hydrogen-bond donors (Lipinski definition) is 1. The molecule has 0 spiro atoms. The van der Waals surface area contributed by atoms with E-state index in [9.17, 15) is 19.2 Å². The van der Waals surface area contributed by atoms with Crippen molar-refractivity contribution in [3.8, 4) is 23.3 Å². The van der Waals surface area contributed by atoms with Crippen molar-refractivity contribution in [2.24, 2.45) is 0 Å². The molecule has 3 fully saturated rings. The Hall–Kier alpha value is -5.18. The minimum atomic E-state index is -0.272. The Balaban J connectivity index is 0.852. The number of hydrogen-bond acceptors (Lipinski definition) is 9. The summed E-state index contributed by atoms with van der Waals surface area (Å²) in [5.74, 6) is 6.56. The fourth-order valence-electron chi connectivity index (χ4n) is 7.92. The van der Waals surface area contributed by atoms with Gasteiger partial charge in [0.05, 0.1) is 37.3 Å². The van der Waals surface area contributed by atoms with Gasteiger partial charge < -0.3 is 14.4 Å². The molecule has 4 heterocycles. The highest BCUT2D eigenvalue weighted by atomic mass is 16.5. The Morgan fingerprint density at radius 2 is 1.57 bits per heavy atom. The molecular weight excluding hydrogens is 670 g/mol. The number of nitrogens with one attached hydrogen (secondary N) is 1. The van der Waals surface area contributed by atoms with Gasteiger partial charge in [0.1, 0.15) is 0 Å². The summed E-state index contributed by atoms with van der Waals surface area (Å²) in [5.41, 5.74) is 4.57. The number of carbonyl (C=O) groups is 4. The van der Waals surface area contributed by atoms with Crippen molar-refractivity contribution in [3.63, 3.8) is 0 Å². The summed E-state index contributed by atoms with van der Waals surface area (Å²) in [6, 6.07) is 19.5. The lowest BCUT2D eigenvalue weighted by Gasteiger charge is -2.43. The van der Waals surface area contributed by atoms with Crippen molar-refractivity contribution in [1.82, 2.24) is 20.0 Å². The normalized spacial score (nSPS) is 19.8. The van der Waals surface area contributed by atoms with Crippen molar-refractivity contribution in [3.05, 3.63) is 88.5 Å². The lowest BCUT2D eigenvalue weighted by atomic mass is 9.90. The molecule has 276 valence electrons.